The van der Waals surface area contributed by atoms with Crippen molar-refractivity contribution >= 4 is 34.4 Å². The number of nitrogens with zero attached hydrogens (tertiary/aromatic N) is 6. The van der Waals surface area contributed by atoms with Crippen molar-refractivity contribution in [3.05, 3.63) is 39.9 Å². The fourth-order valence-electron chi connectivity index (χ4n) is 4.66. The normalized spacial score (nSPS) is 19.3. The van der Waals surface area contributed by atoms with Gasteiger partial charge in [-0.15, -0.1) is 15.3 Å². The molecule has 0 amide bonds. The molecule has 4 heterocycles. The second kappa shape index (κ2) is 9.68. The highest BCUT2D eigenvalue weighted by Crippen LogP contribution is 2.29. The average Bonchev–Trinajstić information content (AvgIpc) is 3.27. The first kappa shape index (κ1) is 21.5. The van der Waals surface area contributed by atoms with Crippen molar-refractivity contribution in [2.24, 2.45) is 0 Å². The Balaban J connectivity index is 1.26. The molecule has 5 rings (SSSR count). The summed E-state index contributed by atoms with van der Waals surface area (Å²) in [6.07, 6.45) is 7.11. The van der Waals surface area contributed by atoms with Gasteiger partial charge in [-0.2, -0.15) is 0 Å². The van der Waals surface area contributed by atoms with Crippen molar-refractivity contribution in [1.82, 2.24) is 29.4 Å². The van der Waals surface area contributed by atoms with Crippen LogP contribution >= 0.6 is 23.6 Å². The summed E-state index contributed by atoms with van der Waals surface area (Å²) in [5, 5.41) is 18.0. The monoisotopic (exact) mass is 471 g/mol. The zero-order valence-corrected chi connectivity index (χ0v) is 20.0. The number of hydrogen-bond acceptors (Lipinski definition) is 8. The number of fused-ring (bicyclic) bond motifs is 1. The first-order valence-corrected chi connectivity index (χ1v) is 12.6. The minimum atomic E-state index is 0.422. The Morgan fingerprint density at radius 3 is 3.03 bits per heavy atom. The van der Waals surface area contributed by atoms with Gasteiger partial charge < -0.3 is 14.6 Å². The fraction of sp³-hybridized carbons (Fsp3) is 0.545. The first-order chi connectivity index (χ1) is 15.7. The van der Waals surface area contributed by atoms with Crippen LogP contribution in [0.1, 0.15) is 49.7 Å². The number of aromatic nitrogens is 5. The van der Waals surface area contributed by atoms with Crippen LogP contribution in [0.4, 0.5) is 10.8 Å². The topological polar surface area (TPSA) is 73.0 Å². The minimum absolute atomic E-state index is 0.422. The molecule has 32 heavy (non-hydrogen) atoms. The van der Waals surface area contributed by atoms with E-state index in [1.165, 1.54) is 48.7 Å². The predicted octanol–water partition coefficient (Wildman–Crippen LogP) is 4.58. The average molecular weight is 472 g/mol. The maximum atomic E-state index is 5.61. The van der Waals surface area contributed by atoms with E-state index in [2.05, 4.69) is 25.0 Å². The molecule has 0 radical (unpaired) electrons. The Kier molecular flexibility index (Phi) is 6.52. The number of hydrogen-bond donors (Lipinski definition) is 1. The summed E-state index contributed by atoms with van der Waals surface area (Å²) < 4.78 is 10.4. The van der Waals surface area contributed by atoms with Gasteiger partial charge in [-0.3, -0.25) is 4.90 Å². The van der Waals surface area contributed by atoms with Crippen LogP contribution in [0, 0.1) is 3.95 Å². The Hall–Kier alpha value is -2.30. The lowest BCUT2D eigenvalue weighted by molar-refractivity contribution is 0.153. The van der Waals surface area contributed by atoms with Crippen LogP contribution in [0.15, 0.2) is 24.3 Å². The molecule has 170 valence electrons. The molecule has 0 saturated carbocycles. The van der Waals surface area contributed by atoms with Crippen molar-refractivity contribution in [3.8, 4) is 5.75 Å². The van der Waals surface area contributed by atoms with E-state index < -0.39 is 0 Å². The quantitative estimate of drug-likeness (QED) is 0.528. The van der Waals surface area contributed by atoms with E-state index in [0.717, 1.165) is 53.0 Å². The van der Waals surface area contributed by atoms with Crippen LogP contribution in [-0.4, -0.2) is 49.6 Å². The lowest BCUT2D eigenvalue weighted by Gasteiger charge is -2.32. The van der Waals surface area contributed by atoms with Crippen molar-refractivity contribution < 1.29 is 4.74 Å². The van der Waals surface area contributed by atoms with Crippen molar-refractivity contribution in [3.63, 3.8) is 0 Å². The van der Waals surface area contributed by atoms with Crippen LogP contribution in [0.3, 0.4) is 0 Å². The molecule has 1 saturated heterocycles. The van der Waals surface area contributed by atoms with E-state index in [0.29, 0.717) is 12.6 Å². The Morgan fingerprint density at radius 2 is 2.12 bits per heavy atom. The number of likely N-dealkylation sites (tertiary alicyclic amines) is 1. The van der Waals surface area contributed by atoms with Gasteiger partial charge in [0.05, 0.1) is 13.8 Å². The smallest absolute Gasteiger partial charge is 0.209 e. The highest BCUT2D eigenvalue weighted by molar-refractivity contribution is 7.73. The molecule has 1 N–H and O–H groups in total. The second-order valence-electron chi connectivity index (χ2n) is 8.52. The van der Waals surface area contributed by atoms with Gasteiger partial charge in [-0.1, -0.05) is 23.8 Å². The molecule has 1 aromatic carbocycles. The fourth-order valence-corrected chi connectivity index (χ4v) is 5.68. The maximum absolute atomic E-state index is 5.61. The number of ether oxygens (including phenoxy) is 1. The SMILES string of the molecule is COc1cccc(Nc2nn(CN3CCC[C@@H](c4nnc5n4CCCCC5)C3)c(=S)s2)c1. The summed E-state index contributed by atoms with van der Waals surface area (Å²) in [6, 6.07) is 7.82. The summed E-state index contributed by atoms with van der Waals surface area (Å²) in [6.45, 7) is 3.78. The number of nitrogens with one attached hydrogen (secondary N) is 1. The van der Waals surface area contributed by atoms with Crippen LogP contribution in [-0.2, 0) is 19.6 Å². The second-order valence-corrected chi connectivity index (χ2v) is 10.1. The van der Waals surface area contributed by atoms with Crippen molar-refractivity contribution in [2.75, 3.05) is 25.5 Å². The third-order valence-corrected chi connectivity index (χ3v) is 7.49. The largest absolute Gasteiger partial charge is 0.497 e. The molecule has 3 aromatic rings. The lowest BCUT2D eigenvalue weighted by atomic mass is 9.97. The van der Waals surface area contributed by atoms with Crippen LogP contribution < -0.4 is 10.1 Å². The molecule has 2 aliphatic rings. The minimum Gasteiger partial charge on any atom is -0.497 e. The maximum Gasteiger partial charge on any atom is 0.209 e. The third-order valence-electron chi connectivity index (χ3n) is 6.27. The van der Waals surface area contributed by atoms with Crippen LogP contribution in [0.2, 0.25) is 0 Å². The van der Waals surface area contributed by atoms with Gasteiger partial charge in [0.25, 0.3) is 0 Å². The Morgan fingerprint density at radius 1 is 1.19 bits per heavy atom. The predicted molar refractivity (Wildman–Crippen MR) is 128 cm³/mol. The number of rotatable bonds is 6. The van der Waals surface area contributed by atoms with Gasteiger partial charge in [-0.25, -0.2) is 4.68 Å². The summed E-state index contributed by atoms with van der Waals surface area (Å²) in [5.41, 5.74) is 0.936. The molecular weight excluding hydrogens is 442 g/mol. The highest BCUT2D eigenvalue weighted by Gasteiger charge is 2.27. The van der Waals surface area contributed by atoms with E-state index in [4.69, 9.17) is 22.1 Å². The third kappa shape index (κ3) is 4.72. The van der Waals surface area contributed by atoms with Crippen molar-refractivity contribution in [2.45, 2.75) is 57.7 Å². The molecule has 1 atom stereocenters. The van der Waals surface area contributed by atoms with Gasteiger partial charge in [0.15, 0.2) is 3.95 Å². The van der Waals surface area contributed by atoms with Gasteiger partial charge in [-0.05, 0) is 56.6 Å². The van der Waals surface area contributed by atoms with Crippen LogP contribution in [0.5, 0.6) is 5.75 Å². The van der Waals surface area contributed by atoms with E-state index in [9.17, 15) is 0 Å². The van der Waals surface area contributed by atoms with Gasteiger partial charge in [0, 0.05) is 37.2 Å². The number of methoxy groups -OCH3 is 1. The number of anilines is 2. The number of benzene rings is 1. The van der Waals surface area contributed by atoms with E-state index in [1.54, 1.807) is 7.11 Å². The summed E-state index contributed by atoms with van der Waals surface area (Å²) in [5.74, 6) is 3.58. The molecule has 2 aromatic heterocycles. The zero-order valence-electron chi connectivity index (χ0n) is 18.4. The highest BCUT2D eigenvalue weighted by atomic mass is 32.1. The summed E-state index contributed by atoms with van der Waals surface area (Å²) in [4.78, 5) is 2.44. The Labute approximate surface area is 197 Å². The van der Waals surface area contributed by atoms with E-state index in [1.807, 2.05) is 28.9 Å². The molecule has 2 aliphatic heterocycles. The summed E-state index contributed by atoms with van der Waals surface area (Å²) >= 11 is 7.10. The van der Waals surface area contributed by atoms with E-state index in [-0.39, 0.29) is 0 Å². The number of aryl methyl sites for hydroxylation is 1. The lowest BCUT2D eigenvalue weighted by Crippen LogP contribution is -2.37. The molecular formula is C22H29N7OS2. The molecule has 1 fully saturated rings. The molecule has 0 spiro atoms. The molecule has 8 nitrogen and oxygen atoms in total. The number of piperidine rings is 1. The van der Waals surface area contributed by atoms with Gasteiger partial charge in [0.2, 0.25) is 5.13 Å². The molecule has 0 bridgehead atoms. The van der Waals surface area contributed by atoms with Gasteiger partial charge >= 0.3 is 0 Å². The van der Waals surface area contributed by atoms with E-state index >= 15 is 0 Å². The molecule has 0 unspecified atom stereocenters. The van der Waals surface area contributed by atoms with Gasteiger partial charge in [0.1, 0.15) is 17.4 Å². The standard InChI is InChI=1S/C22H29N7OS2/c1-30-18-9-5-8-17(13-18)23-21-26-29(22(31)32-21)15-27-11-6-7-16(14-27)20-25-24-19-10-3-2-4-12-28(19)20/h5,8-9,13,16H,2-4,6-7,10-12,14-15H2,1H3,(H,23,26)/t16-/m1/s1. The van der Waals surface area contributed by atoms with Crippen molar-refractivity contribution in [1.29, 1.82) is 0 Å². The molecule has 0 aliphatic carbocycles. The first-order valence-electron chi connectivity index (χ1n) is 11.3. The Bertz CT molecular complexity index is 1120. The summed E-state index contributed by atoms with van der Waals surface area (Å²) in [7, 11) is 1.67. The zero-order chi connectivity index (χ0) is 21.9. The molecule has 10 heteroatoms. The van der Waals surface area contributed by atoms with Crippen LogP contribution in [0.25, 0.3) is 0 Å².